The van der Waals surface area contributed by atoms with Crippen LogP contribution in [0.5, 0.6) is 0 Å². The highest BCUT2D eigenvalue weighted by atomic mass is 79.9. The molecule has 0 amide bonds. The van der Waals surface area contributed by atoms with Crippen molar-refractivity contribution < 1.29 is 9.50 Å². The second kappa shape index (κ2) is 5.21. The third kappa shape index (κ3) is 2.79. The summed E-state index contributed by atoms with van der Waals surface area (Å²) >= 11 is 3.44. The molecule has 0 radical (unpaired) electrons. The van der Waals surface area contributed by atoms with Crippen molar-refractivity contribution in [1.29, 1.82) is 0 Å². The molecule has 0 aliphatic rings. The Balaban J connectivity index is 2.33. The summed E-state index contributed by atoms with van der Waals surface area (Å²) in [6.07, 6.45) is 0.357. The lowest BCUT2D eigenvalue weighted by Gasteiger charge is -2.25. The monoisotopic (exact) mass is 308 g/mol. The molecule has 0 aliphatic carbocycles. The summed E-state index contributed by atoms with van der Waals surface area (Å²) < 4.78 is 14.6. The summed E-state index contributed by atoms with van der Waals surface area (Å²) in [4.78, 5) is 0. The van der Waals surface area contributed by atoms with Gasteiger partial charge in [-0.1, -0.05) is 52.3 Å². The number of rotatable bonds is 3. The maximum Gasteiger partial charge on any atom is 0.129 e. The van der Waals surface area contributed by atoms with E-state index in [1.54, 1.807) is 25.1 Å². The lowest BCUT2D eigenvalue weighted by molar-refractivity contribution is 0.0536. The fourth-order valence-electron chi connectivity index (χ4n) is 2.01. The summed E-state index contributed by atoms with van der Waals surface area (Å²) in [5.74, 6) is -0.380. The second-order valence-electron chi connectivity index (χ2n) is 4.52. The molecular weight excluding hydrogens is 295 g/mol. The smallest absolute Gasteiger partial charge is 0.129 e. The van der Waals surface area contributed by atoms with Crippen LogP contribution in [0, 0.1) is 5.82 Å². The molecule has 1 atom stereocenters. The first-order chi connectivity index (χ1) is 8.50. The Morgan fingerprint density at radius 3 is 2.39 bits per heavy atom. The molecule has 0 saturated heterocycles. The summed E-state index contributed by atoms with van der Waals surface area (Å²) in [7, 11) is 0. The zero-order valence-corrected chi connectivity index (χ0v) is 11.6. The standard InChI is InChI=1S/C15H14BrFO/c1-15(18,12-7-3-5-9-14(12)17)10-11-6-2-4-8-13(11)16/h2-9,18H,10H2,1H3. The number of halogens is 2. The molecule has 0 spiro atoms. The molecule has 94 valence electrons. The van der Waals surface area contributed by atoms with Crippen LogP contribution in [0.4, 0.5) is 4.39 Å². The molecule has 2 aromatic rings. The van der Waals surface area contributed by atoms with Gasteiger partial charge in [0.1, 0.15) is 5.82 Å². The molecule has 0 aromatic heterocycles. The minimum absolute atomic E-state index is 0.320. The molecule has 0 saturated carbocycles. The van der Waals surface area contributed by atoms with Gasteiger partial charge in [-0.2, -0.15) is 0 Å². The maximum atomic E-state index is 13.7. The predicted octanol–water partition coefficient (Wildman–Crippen LogP) is 4.04. The molecule has 1 nitrogen and oxygen atoms in total. The van der Waals surface area contributed by atoms with Crippen LogP contribution in [0.15, 0.2) is 53.0 Å². The minimum atomic E-state index is -1.23. The molecule has 18 heavy (non-hydrogen) atoms. The Morgan fingerprint density at radius 1 is 1.11 bits per heavy atom. The van der Waals surface area contributed by atoms with Crippen LogP contribution < -0.4 is 0 Å². The van der Waals surface area contributed by atoms with Gasteiger partial charge in [0, 0.05) is 16.5 Å². The van der Waals surface area contributed by atoms with Gasteiger partial charge >= 0.3 is 0 Å². The number of benzene rings is 2. The van der Waals surface area contributed by atoms with Crippen LogP contribution in [0.2, 0.25) is 0 Å². The van der Waals surface area contributed by atoms with Crippen LogP contribution >= 0.6 is 15.9 Å². The maximum absolute atomic E-state index is 13.7. The van der Waals surface area contributed by atoms with Crippen molar-refractivity contribution in [2.45, 2.75) is 18.9 Å². The second-order valence-corrected chi connectivity index (χ2v) is 5.38. The fourth-order valence-corrected chi connectivity index (χ4v) is 2.43. The molecule has 1 N–H and O–H groups in total. The van der Waals surface area contributed by atoms with E-state index < -0.39 is 5.60 Å². The lowest BCUT2D eigenvalue weighted by Crippen LogP contribution is -2.25. The van der Waals surface area contributed by atoms with Crippen molar-refractivity contribution in [3.05, 3.63) is 69.9 Å². The van der Waals surface area contributed by atoms with Crippen molar-refractivity contribution >= 4 is 15.9 Å². The SMILES string of the molecule is CC(O)(Cc1ccccc1Br)c1ccccc1F. The summed E-state index contributed by atoms with van der Waals surface area (Å²) in [5, 5.41) is 10.5. The van der Waals surface area contributed by atoms with Crippen molar-refractivity contribution in [1.82, 2.24) is 0 Å². The van der Waals surface area contributed by atoms with Crippen LogP contribution in [0.25, 0.3) is 0 Å². The Labute approximate surface area is 114 Å². The van der Waals surface area contributed by atoms with Crippen LogP contribution in [-0.4, -0.2) is 5.11 Å². The van der Waals surface area contributed by atoms with Gasteiger partial charge in [-0.3, -0.25) is 0 Å². The topological polar surface area (TPSA) is 20.2 Å². The van der Waals surface area contributed by atoms with E-state index in [2.05, 4.69) is 15.9 Å². The van der Waals surface area contributed by atoms with E-state index in [0.29, 0.717) is 12.0 Å². The van der Waals surface area contributed by atoms with Gasteiger partial charge in [-0.05, 0) is 24.6 Å². The molecule has 1 unspecified atom stereocenters. The largest absolute Gasteiger partial charge is 0.385 e. The van der Waals surface area contributed by atoms with Gasteiger partial charge in [0.2, 0.25) is 0 Å². The summed E-state index contributed by atoms with van der Waals surface area (Å²) in [6, 6.07) is 14.0. The first-order valence-electron chi connectivity index (χ1n) is 5.71. The third-order valence-corrected chi connectivity index (χ3v) is 3.72. The zero-order chi connectivity index (χ0) is 13.2. The Bertz CT molecular complexity index is 552. The molecule has 0 heterocycles. The van der Waals surface area contributed by atoms with E-state index in [-0.39, 0.29) is 5.82 Å². The molecule has 0 aliphatic heterocycles. The first-order valence-corrected chi connectivity index (χ1v) is 6.51. The molecule has 3 heteroatoms. The van der Waals surface area contributed by atoms with E-state index in [0.717, 1.165) is 10.0 Å². The first kappa shape index (κ1) is 13.2. The van der Waals surface area contributed by atoms with Gasteiger partial charge in [-0.25, -0.2) is 4.39 Å². The molecule has 0 fully saturated rings. The van der Waals surface area contributed by atoms with Crippen LogP contribution in [0.1, 0.15) is 18.1 Å². The fraction of sp³-hybridized carbons (Fsp3) is 0.200. The van der Waals surface area contributed by atoms with Crippen molar-refractivity contribution in [3.63, 3.8) is 0 Å². The van der Waals surface area contributed by atoms with Crippen molar-refractivity contribution in [2.24, 2.45) is 0 Å². The Kier molecular flexibility index (Phi) is 3.83. The van der Waals surface area contributed by atoms with Crippen LogP contribution in [0.3, 0.4) is 0 Å². The minimum Gasteiger partial charge on any atom is -0.385 e. The predicted molar refractivity (Wildman–Crippen MR) is 73.8 cm³/mol. The normalized spacial score (nSPS) is 14.2. The number of hydrogen-bond acceptors (Lipinski definition) is 1. The molecule has 2 rings (SSSR count). The average Bonchev–Trinajstić information content (AvgIpc) is 2.32. The van der Waals surface area contributed by atoms with Gasteiger partial charge in [-0.15, -0.1) is 0 Å². The highest BCUT2D eigenvalue weighted by molar-refractivity contribution is 9.10. The van der Waals surface area contributed by atoms with E-state index in [4.69, 9.17) is 0 Å². The average molecular weight is 309 g/mol. The summed E-state index contributed by atoms with van der Waals surface area (Å²) in [5.41, 5.74) is 0.0429. The van der Waals surface area contributed by atoms with Gasteiger partial charge in [0.15, 0.2) is 0 Å². The zero-order valence-electron chi connectivity index (χ0n) is 10.0. The van der Waals surface area contributed by atoms with Gasteiger partial charge < -0.3 is 5.11 Å². The van der Waals surface area contributed by atoms with Gasteiger partial charge in [0.25, 0.3) is 0 Å². The number of hydrogen-bond donors (Lipinski definition) is 1. The van der Waals surface area contributed by atoms with E-state index in [9.17, 15) is 9.50 Å². The molecular formula is C15H14BrFO. The highest BCUT2D eigenvalue weighted by Gasteiger charge is 2.27. The van der Waals surface area contributed by atoms with Gasteiger partial charge in [0.05, 0.1) is 5.60 Å². The van der Waals surface area contributed by atoms with E-state index >= 15 is 0 Å². The lowest BCUT2D eigenvalue weighted by atomic mass is 9.89. The van der Waals surface area contributed by atoms with E-state index in [1.807, 2.05) is 24.3 Å². The molecule has 0 bridgehead atoms. The third-order valence-electron chi connectivity index (χ3n) is 2.95. The molecule has 2 aromatic carbocycles. The van der Waals surface area contributed by atoms with Crippen molar-refractivity contribution in [3.8, 4) is 0 Å². The quantitative estimate of drug-likeness (QED) is 0.907. The van der Waals surface area contributed by atoms with Crippen LogP contribution in [-0.2, 0) is 12.0 Å². The highest BCUT2D eigenvalue weighted by Crippen LogP contribution is 2.30. The number of aliphatic hydroxyl groups is 1. The van der Waals surface area contributed by atoms with Crippen molar-refractivity contribution in [2.75, 3.05) is 0 Å². The summed E-state index contributed by atoms with van der Waals surface area (Å²) in [6.45, 7) is 1.63. The Hall–Kier alpha value is -1.19. The Morgan fingerprint density at radius 2 is 1.72 bits per heavy atom. The van der Waals surface area contributed by atoms with E-state index in [1.165, 1.54) is 6.07 Å².